The quantitative estimate of drug-likeness (QED) is 0.753. The van der Waals surface area contributed by atoms with Crippen molar-refractivity contribution in [1.82, 2.24) is 14.5 Å². The van der Waals surface area contributed by atoms with Gasteiger partial charge in [0.15, 0.2) is 0 Å². The first-order valence-electron chi connectivity index (χ1n) is 10.0. The van der Waals surface area contributed by atoms with Gasteiger partial charge in [-0.2, -0.15) is 4.31 Å². The van der Waals surface area contributed by atoms with Crippen molar-refractivity contribution in [3.8, 4) is 0 Å². The van der Waals surface area contributed by atoms with Gasteiger partial charge in [0.25, 0.3) is 0 Å². The van der Waals surface area contributed by atoms with Gasteiger partial charge >= 0.3 is 0 Å². The van der Waals surface area contributed by atoms with Crippen molar-refractivity contribution in [1.29, 1.82) is 0 Å². The second-order valence-corrected chi connectivity index (χ2v) is 9.55. The molecule has 0 aromatic heterocycles. The van der Waals surface area contributed by atoms with Gasteiger partial charge in [0.1, 0.15) is 0 Å². The van der Waals surface area contributed by atoms with E-state index in [4.69, 9.17) is 0 Å². The summed E-state index contributed by atoms with van der Waals surface area (Å²) in [6, 6.07) is 7.35. The SMILES string of the molecule is CN(C(=O)CCc1ccc(S(=O)(=O)N2CCCCCC2)cc1)C1CCNC1.Cl. The fraction of sp³-hybridized carbons (Fsp3) is 0.650. The maximum Gasteiger partial charge on any atom is 0.243 e. The number of hydrogen-bond acceptors (Lipinski definition) is 4. The molecule has 0 bridgehead atoms. The predicted molar refractivity (Wildman–Crippen MR) is 113 cm³/mol. The molecule has 1 aromatic rings. The van der Waals surface area contributed by atoms with Crippen molar-refractivity contribution in [2.45, 2.75) is 55.9 Å². The molecule has 1 amide bonds. The van der Waals surface area contributed by atoms with E-state index in [1.807, 2.05) is 24.1 Å². The van der Waals surface area contributed by atoms with Gasteiger partial charge in [-0.1, -0.05) is 25.0 Å². The number of hydrogen-bond donors (Lipinski definition) is 1. The Morgan fingerprint density at radius 3 is 2.36 bits per heavy atom. The molecule has 3 rings (SSSR count). The Hall–Kier alpha value is -1.15. The fourth-order valence-electron chi connectivity index (χ4n) is 3.86. The number of nitrogens with zero attached hydrogens (tertiary/aromatic N) is 2. The van der Waals surface area contributed by atoms with Crippen molar-refractivity contribution >= 4 is 28.3 Å². The summed E-state index contributed by atoms with van der Waals surface area (Å²) in [5.74, 6) is 0.143. The standard InChI is InChI=1S/C20H31N3O3S.ClH/c1-22(18-12-13-21-16-18)20(24)11-8-17-6-9-19(10-7-17)27(25,26)23-14-4-2-3-5-15-23;/h6-7,9-10,18,21H,2-5,8,11-16H2,1H3;1H. The van der Waals surface area contributed by atoms with Crippen LogP contribution in [0.1, 0.15) is 44.1 Å². The van der Waals surface area contributed by atoms with E-state index in [9.17, 15) is 13.2 Å². The molecule has 2 heterocycles. The molecule has 6 nitrogen and oxygen atoms in total. The van der Waals surface area contributed by atoms with Gasteiger partial charge in [-0.3, -0.25) is 4.79 Å². The molecule has 1 atom stereocenters. The molecule has 0 radical (unpaired) electrons. The summed E-state index contributed by atoms with van der Waals surface area (Å²) in [6.45, 7) is 3.06. The third-order valence-corrected chi connectivity index (χ3v) is 7.64. The number of halogens is 1. The summed E-state index contributed by atoms with van der Waals surface area (Å²) in [5.41, 5.74) is 0.996. The zero-order valence-corrected chi connectivity index (χ0v) is 18.2. The van der Waals surface area contributed by atoms with Crippen molar-refractivity contribution in [3.63, 3.8) is 0 Å². The zero-order chi connectivity index (χ0) is 19.3. The lowest BCUT2D eigenvalue weighted by Gasteiger charge is -2.23. The lowest BCUT2D eigenvalue weighted by molar-refractivity contribution is -0.131. The van der Waals surface area contributed by atoms with Gasteiger partial charge in [0.05, 0.1) is 4.90 Å². The van der Waals surface area contributed by atoms with E-state index >= 15 is 0 Å². The number of amides is 1. The molecule has 1 N–H and O–H groups in total. The first kappa shape index (κ1) is 23.1. The van der Waals surface area contributed by atoms with Crippen LogP contribution < -0.4 is 5.32 Å². The Morgan fingerprint density at radius 2 is 1.79 bits per heavy atom. The number of carbonyl (C=O) groups is 1. The molecule has 1 aromatic carbocycles. The minimum absolute atomic E-state index is 0. The number of carbonyl (C=O) groups excluding carboxylic acids is 1. The van der Waals surface area contributed by atoms with E-state index in [2.05, 4.69) is 5.32 Å². The highest BCUT2D eigenvalue weighted by Gasteiger charge is 2.25. The predicted octanol–water partition coefficient (Wildman–Crippen LogP) is 2.43. The van der Waals surface area contributed by atoms with Crippen LogP contribution >= 0.6 is 12.4 Å². The Kier molecular flexibility index (Phi) is 8.74. The van der Waals surface area contributed by atoms with Crippen LogP contribution in [-0.2, 0) is 21.2 Å². The number of benzene rings is 1. The van der Waals surface area contributed by atoms with Crippen molar-refractivity contribution in [3.05, 3.63) is 29.8 Å². The average molecular weight is 430 g/mol. The minimum atomic E-state index is -3.41. The van der Waals surface area contributed by atoms with Gasteiger partial charge < -0.3 is 10.2 Å². The fourth-order valence-corrected chi connectivity index (χ4v) is 5.38. The molecule has 158 valence electrons. The third-order valence-electron chi connectivity index (χ3n) is 5.73. The van der Waals surface area contributed by atoms with E-state index < -0.39 is 10.0 Å². The molecule has 0 spiro atoms. The van der Waals surface area contributed by atoms with Crippen LogP contribution in [0.4, 0.5) is 0 Å². The lowest BCUT2D eigenvalue weighted by atomic mass is 10.1. The number of likely N-dealkylation sites (N-methyl/N-ethyl adjacent to an activating group) is 1. The van der Waals surface area contributed by atoms with Crippen LogP contribution in [0.15, 0.2) is 29.2 Å². The summed E-state index contributed by atoms with van der Waals surface area (Å²) >= 11 is 0. The molecule has 0 aliphatic carbocycles. The molecule has 2 fully saturated rings. The van der Waals surface area contributed by atoms with Gasteiger partial charge in [-0.15, -0.1) is 12.4 Å². The first-order valence-corrected chi connectivity index (χ1v) is 11.5. The van der Waals surface area contributed by atoms with E-state index in [1.54, 1.807) is 16.4 Å². The second kappa shape index (κ2) is 10.6. The molecule has 8 heteroatoms. The summed E-state index contributed by atoms with van der Waals surface area (Å²) in [6.07, 6.45) is 6.16. The summed E-state index contributed by atoms with van der Waals surface area (Å²) < 4.78 is 27.2. The third kappa shape index (κ3) is 5.69. The van der Waals surface area contributed by atoms with E-state index in [-0.39, 0.29) is 18.3 Å². The molecule has 1 unspecified atom stereocenters. The van der Waals surface area contributed by atoms with Crippen molar-refractivity contribution < 1.29 is 13.2 Å². The van der Waals surface area contributed by atoms with Gasteiger partial charge in [0, 0.05) is 39.1 Å². The van der Waals surface area contributed by atoms with Gasteiger partial charge in [0.2, 0.25) is 15.9 Å². The average Bonchev–Trinajstić information content (AvgIpc) is 3.07. The highest BCUT2D eigenvalue weighted by atomic mass is 35.5. The Morgan fingerprint density at radius 1 is 1.14 bits per heavy atom. The summed E-state index contributed by atoms with van der Waals surface area (Å²) in [5, 5.41) is 3.28. The van der Waals surface area contributed by atoms with Crippen LogP contribution in [0.3, 0.4) is 0 Å². The highest BCUT2D eigenvalue weighted by molar-refractivity contribution is 7.89. The zero-order valence-electron chi connectivity index (χ0n) is 16.6. The largest absolute Gasteiger partial charge is 0.341 e. The normalized spacial score (nSPS) is 21.0. The second-order valence-electron chi connectivity index (χ2n) is 7.61. The number of sulfonamides is 1. The Bertz CT molecular complexity index is 726. The Balaban J connectivity index is 0.00000280. The summed E-state index contributed by atoms with van der Waals surface area (Å²) in [4.78, 5) is 14.6. The van der Waals surface area contributed by atoms with Crippen molar-refractivity contribution in [2.24, 2.45) is 0 Å². The smallest absolute Gasteiger partial charge is 0.243 e. The van der Waals surface area contributed by atoms with Crippen LogP contribution in [0.25, 0.3) is 0 Å². The number of aryl methyl sites for hydroxylation is 1. The minimum Gasteiger partial charge on any atom is -0.341 e. The van der Waals surface area contributed by atoms with Crippen molar-refractivity contribution in [2.75, 3.05) is 33.2 Å². The monoisotopic (exact) mass is 429 g/mol. The number of nitrogens with one attached hydrogen (secondary N) is 1. The lowest BCUT2D eigenvalue weighted by Crippen LogP contribution is -2.38. The first-order chi connectivity index (χ1) is 13.0. The Labute approximate surface area is 175 Å². The van der Waals surface area contributed by atoms with E-state index in [1.165, 1.54) is 0 Å². The molecular weight excluding hydrogens is 398 g/mol. The highest BCUT2D eigenvalue weighted by Crippen LogP contribution is 2.21. The molecule has 2 aliphatic rings. The molecule has 0 saturated carbocycles. The maximum atomic E-state index is 12.8. The molecular formula is C20H32ClN3O3S. The van der Waals surface area contributed by atoms with Gasteiger partial charge in [-0.25, -0.2) is 8.42 Å². The molecule has 28 heavy (non-hydrogen) atoms. The van der Waals surface area contributed by atoms with Gasteiger partial charge in [-0.05, 0) is 49.9 Å². The van der Waals surface area contributed by atoms with Crippen LogP contribution in [0.2, 0.25) is 0 Å². The van der Waals surface area contributed by atoms with E-state index in [0.29, 0.717) is 36.9 Å². The van der Waals surface area contributed by atoms with Crippen LogP contribution in [0, 0.1) is 0 Å². The topological polar surface area (TPSA) is 69.7 Å². The maximum absolute atomic E-state index is 12.8. The van der Waals surface area contributed by atoms with Crippen LogP contribution in [0.5, 0.6) is 0 Å². The number of rotatable bonds is 6. The molecule has 2 aliphatic heterocycles. The van der Waals surface area contributed by atoms with E-state index in [0.717, 1.165) is 50.8 Å². The van der Waals surface area contributed by atoms with Crippen LogP contribution in [-0.4, -0.2) is 62.8 Å². The summed E-state index contributed by atoms with van der Waals surface area (Å²) in [7, 11) is -1.53. The molecule has 2 saturated heterocycles.